The molecule has 1 fully saturated rings. The molecule has 0 aliphatic carbocycles. The van der Waals surface area contributed by atoms with Crippen molar-refractivity contribution in [3.63, 3.8) is 0 Å². The third-order valence-electron chi connectivity index (χ3n) is 4.35. The lowest BCUT2D eigenvalue weighted by Gasteiger charge is -2.26. The molecule has 0 saturated carbocycles. The fourth-order valence-corrected chi connectivity index (χ4v) is 3.37. The summed E-state index contributed by atoms with van der Waals surface area (Å²) in [5, 5.41) is 5.59. The molecule has 1 atom stereocenters. The van der Waals surface area contributed by atoms with E-state index in [1.807, 2.05) is 30.5 Å². The Balaban J connectivity index is 1.92. The number of hydrogen-bond donors (Lipinski definition) is 2. The molecule has 0 bridgehead atoms. The number of carbonyl (C=O) groups is 2. The first-order valence-corrected chi connectivity index (χ1v) is 11.3. The van der Waals surface area contributed by atoms with Gasteiger partial charge in [-0.2, -0.15) is 11.8 Å². The van der Waals surface area contributed by atoms with Crippen LogP contribution < -0.4 is 10.6 Å². The molecule has 0 aromatic heterocycles. The fraction of sp³-hybridized carbons (Fsp3) is 0.619. The van der Waals surface area contributed by atoms with Crippen LogP contribution in [0.15, 0.2) is 24.3 Å². The number of thioether (sulfide) groups is 1. The van der Waals surface area contributed by atoms with Gasteiger partial charge in [0.05, 0.1) is 13.2 Å². The average molecular weight is 424 g/mol. The first-order chi connectivity index (χ1) is 13.8. The van der Waals surface area contributed by atoms with Crippen LogP contribution in [-0.4, -0.2) is 66.9 Å². The Kier molecular flexibility index (Phi) is 9.26. The number of anilines is 1. The minimum absolute atomic E-state index is 0.245. The number of nitrogens with zero attached hydrogens (tertiary/aromatic N) is 1. The van der Waals surface area contributed by atoms with Gasteiger partial charge in [0.2, 0.25) is 5.91 Å². The van der Waals surface area contributed by atoms with Gasteiger partial charge >= 0.3 is 6.09 Å². The van der Waals surface area contributed by atoms with E-state index in [0.29, 0.717) is 12.1 Å². The van der Waals surface area contributed by atoms with Gasteiger partial charge in [-0.15, -0.1) is 0 Å². The zero-order valence-corrected chi connectivity index (χ0v) is 18.6. The predicted molar refractivity (Wildman–Crippen MR) is 117 cm³/mol. The number of rotatable bonds is 8. The van der Waals surface area contributed by atoms with Crippen LogP contribution in [0, 0.1) is 0 Å². The molecule has 0 spiro atoms. The van der Waals surface area contributed by atoms with E-state index in [0.717, 1.165) is 38.6 Å². The normalized spacial score (nSPS) is 16.1. The van der Waals surface area contributed by atoms with Crippen molar-refractivity contribution in [1.82, 2.24) is 10.2 Å². The van der Waals surface area contributed by atoms with E-state index in [4.69, 9.17) is 9.47 Å². The molecule has 1 saturated heterocycles. The van der Waals surface area contributed by atoms with Gasteiger partial charge in [-0.05, 0) is 56.9 Å². The van der Waals surface area contributed by atoms with Gasteiger partial charge in [-0.1, -0.05) is 12.1 Å². The zero-order chi connectivity index (χ0) is 21.3. The van der Waals surface area contributed by atoms with Crippen LogP contribution in [0.2, 0.25) is 0 Å². The van der Waals surface area contributed by atoms with Gasteiger partial charge in [0.1, 0.15) is 11.6 Å². The third-order valence-corrected chi connectivity index (χ3v) is 4.99. The Hall–Kier alpha value is -1.77. The first-order valence-electron chi connectivity index (χ1n) is 9.95. The molecular formula is C21H33N3O4S. The SMILES string of the molecule is CSCCC(NC(=O)OC(C)(C)C)C(=O)Nc1ccc(CN2CCOCC2)cc1. The summed E-state index contributed by atoms with van der Waals surface area (Å²) in [6.45, 7) is 9.67. The molecule has 8 heteroatoms. The molecular weight excluding hydrogens is 390 g/mol. The second-order valence-electron chi connectivity index (χ2n) is 8.05. The average Bonchev–Trinajstić information content (AvgIpc) is 2.66. The maximum atomic E-state index is 12.7. The van der Waals surface area contributed by atoms with Crippen LogP contribution in [-0.2, 0) is 20.8 Å². The molecule has 1 heterocycles. The molecule has 1 aromatic rings. The van der Waals surface area contributed by atoms with Crippen molar-refractivity contribution < 1.29 is 19.1 Å². The molecule has 0 radical (unpaired) electrons. The number of hydrogen-bond acceptors (Lipinski definition) is 6. The predicted octanol–water partition coefficient (Wildman–Crippen LogP) is 3.10. The van der Waals surface area contributed by atoms with Gasteiger partial charge in [0.15, 0.2) is 0 Å². The molecule has 1 aliphatic heterocycles. The van der Waals surface area contributed by atoms with E-state index < -0.39 is 17.7 Å². The molecule has 2 N–H and O–H groups in total. The standard InChI is InChI=1S/C21H33N3O4S/c1-21(2,3)28-20(26)23-18(9-14-29-4)19(25)22-17-7-5-16(6-8-17)15-24-10-12-27-13-11-24/h5-8,18H,9-15H2,1-4H3,(H,22,25)(H,23,26). The van der Waals surface area contributed by atoms with E-state index in [-0.39, 0.29) is 5.91 Å². The van der Waals surface area contributed by atoms with E-state index in [1.165, 1.54) is 5.56 Å². The number of carbonyl (C=O) groups excluding carboxylic acids is 2. The smallest absolute Gasteiger partial charge is 0.408 e. The molecule has 29 heavy (non-hydrogen) atoms. The fourth-order valence-electron chi connectivity index (χ4n) is 2.89. The second kappa shape index (κ2) is 11.4. The number of morpholine rings is 1. The second-order valence-corrected chi connectivity index (χ2v) is 9.04. The highest BCUT2D eigenvalue weighted by Gasteiger charge is 2.24. The van der Waals surface area contributed by atoms with E-state index >= 15 is 0 Å². The summed E-state index contributed by atoms with van der Waals surface area (Å²) in [7, 11) is 0. The summed E-state index contributed by atoms with van der Waals surface area (Å²) < 4.78 is 10.7. The molecule has 7 nitrogen and oxygen atoms in total. The molecule has 1 aliphatic rings. The maximum Gasteiger partial charge on any atom is 0.408 e. The number of ether oxygens (including phenoxy) is 2. The van der Waals surface area contributed by atoms with Crippen LogP contribution >= 0.6 is 11.8 Å². The monoisotopic (exact) mass is 423 g/mol. The Morgan fingerprint density at radius 2 is 1.86 bits per heavy atom. The number of benzene rings is 1. The largest absolute Gasteiger partial charge is 0.444 e. The highest BCUT2D eigenvalue weighted by atomic mass is 32.2. The third kappa shape index (κ3) is 9.06. The summed E-state index contributed by atoms with van der Waals surface area (Å²) in [4.78, 5) is 27.1. The number of alkyl carbamates (subject to hydrolysis) is 1. The first kappa shape index (κ1) is 23.5. The summed E-state index contributed by atoms with van der Waals surface area (Å²) in [5.41, 5.74) is 1.29. The van der Waals surface area contributed by atoms with E-state index in [1.54, 1.807) is 32.5 Å². The minimum atomic E-state index is -0.648. The molecule has 1 unspecified atom stereocenters. The Morgan fingerprint density at radius 3 is 2.45 bits per heavy atom. The Bertz CT molecular complexity index is 655. The minimum Gasteiger partial charge on any atom is -0.444 e. The number of amides is 2. The summed E-state index contributed by atoms with van der Waals surface area (Å²) in [6, 6.07) is 7.18. The summed E-state index contributed by atoms with van der Waals surface area (Å²) in [5.74, 6) is 0.512. The Labute approximate surface area is 177 Å². The van der Waals surface area contributed by atoms with Gasteiger partial charge in [0, 0.05) is 25.3 Å². The van der Waals surface area contributed by atoms with Gasteiger partial charge in [-0.25, -0.2) is 4.79 Å². The zero-order valence-electron chi connectivity index (χ0n) is 17.8. The maximum absolute atomic E-state index is 12.7. The highest BCUT2D eigenvalue weighted by molar-refractivity contribution is 7.98. The van der Waals surface area contributed by atoms with Crippen LogP contribution in [0.1, 0.15) is 32.8 Å². The van der Waals surface area contributed by atoms with Crippen LogP contribution in [0.3, 0.4) is 0 Å². The lowest BCUT2D eigenvalue weighted by atomic mass is 10.1. The lowest BCUT2D eigenvalue weighted by Crippen LogP contribution is -2.46. The van der Waals surface area contributed by atoms with Crippen molar-refractivity contribution in [3.8, 4) is 0 Å². The van der Waals surface area contributed by atoms with Gasteiger partial charge in [0.25, 0.3) is 0 Å². The molecule has 162 valence electrons. The summed E-state index contributed by atoms with van der Waals surface area (Å²) in [6.07, 6.45) is 1.91. The van der Waals surface area contributed by atoms with Crippen molar-refractivity contribution in [2.75, 3.05) is 43.6 Å². The van der Waals surface area contributed by atoms with Crippen molar-refractivity contribution in [3.05, 3.63) is 29.8 Å². The van der Waals surface area contributed by atoms with Crippen LogP contribution in [0.4, 0.5) is 10.5 Å². The van der Waals surface area contributed by atoms with Gasteiger partial charge in [-0.3, -0.25) is 9.69 Å². The van der Waals surface area contributed by atoms with Crippen LogP contribution in [0.5, 0.6) is 0 Å². The quantitative estimate of drug-likeness (QED) is 0.669. The topological polar surface area (TPSA) is 79.9 Å². The van der Waals surface area contributed by atoms with Gasteiger partial charge < -0.3 is 20.1 Å². The molecule has 2 amide bonds. The molecule has 1 aromatic carbocycles. The highest BCUT2D eigenvalue weighted by Crippen LogP contribution is 2.14. The van der Waals surface area contributed by atoms with Crippen molar-refractivity contribution in [1.29, 1.82) is 0 Å². The van der Waals surface area contributed by atoms with Crippen molar-refractivity contribution >= 4 is 29.4 Å². The Morgan fingerprint density at radius 1 is 1.21 bits per heavy atom. The molecule has 2 rings (SSSR count). The van der Waals surface area contributed by atoms with Crippen LogP contribution in [0.25, 0.3) is 0 Å². The summed E-state index contributed by atoms with van der Waals surface area (Å²) >= 11 is 1.63. The van der Waals surface area contributed by atoms with Crippen molar-refractivity contribution in [2.45, 2.75) is 45.4 Å². The number of nitrogens with one attached hydrogen (secondary N) is 2. The lowest BCUT2D eigenvalue weighted by molar-refractivity contribution is -0.118. The van der Waals surface area contributed by atoms with E-state index in [9.17, 15) is 9.59 Å². The van der Waals surface area contributed by atoms with E-state index in [2.05, 4.69) is 15.5 Å². The van der Waals surface area contributed by atoms with Crippen molar-refractivity contribution in [2.24, 2.45) is 0 Å².